The van der Waals surface area contributed by atoms with Crippen molar-refractivity contribution in [3.63, 3.8) is 0 Å². The smallest absolute Gasteiger partial charge is 0.361 e. The fraction of sp³-hybridized carbons (Fsp3) is 0.138. The molecule has 0 radical (unpaired) electrons. The number of aromatic amines is 2. The molecule has 0 unspecified atom stereocenters. The van der Waals surface area contributed by atoms with E-state index >= 15 is 0 Å². The molecule has 0 spiro atoms. The van der Waals surface area contributed by atoms with E-state index in [0.717, 1.165) is 38.9 Å². The maximum absolute atomic E-state index is 14.0. The van der Waals surface area contributed by atoms with Crippen LogP contribution in [0, 0.1) is 0 Å². The average molecular weight is 1060 g/mol. The first-order valence-electron chi connectivity index (χ1n) is 24.0. The van der Waals surface area contributed by atoms with E-state index in [2.05, 4.69) is 30.4 Å². The Morgan fingerprint density at radius 3 is 1.36 bits per heavy atom. The van der Waals surface area contributed by atoms with Gasteiger partial charge in [-0.15, -0.1) is 0 Å². The summed E-state index contributed by atoms with van der Waals surface area (Å²) < 4.78 is 49.2. The van der Waals surface area contributed by atoms with Gasteiger partial charge in [0.05, 0.1) is 50.4 Å². The lowest BCUT2D eigenvalue weighted by atomic mass is 9.89. The zero-order valence-corrected chi connectivity index (χ0v) is 43.2. The highest BCUT2D eigenvalue weighted by Crippen LogP contribution is 2.49. The molecule has 0 atom stereocenters. The zero-order valence-electron chi connectivity index (χ0n) is 41.4. The summed E-state index contributed by atoms with van der Waals surface area (Å²) in [6.45, 7) is 0.311. The number of hydrogen-bond acceptors (Lipinski definition) is 12. The van der Waals surface area contributed by atoms with Gasteiger partial charge in [-0.05, 0) is 87.7 Å². The molecule has 0 saturated heterocycles. The average Bonchev–Trinajstić information content (AvgIpc) is 3.44. The van der Waals surface area contributed by atoms with Crippen molar-refractivity contribution < 1.29 is 37.4 Å². The van der Waals surface area contributed by atoms with Crippen LogP contribution in [-0.2, 0) is 57.1 Å². The summed E-state index contributed by atoms with van der Waals surface area (Å²) in [4.78, 5) is 54.1. The summed E-state index contributed by atoms with van der Waals surface area (Å²) in [5, 5.41) is 15.0. The van der Waals surface area contributed by atoms with Gasteiger partial charge in [-0.3, -0.25) is 18.7 Å². The number of aromatic nitrogens is 6. The van der Waals surface area contributed by atoms with E-state index in [9.17, 15) is 28.5 Å². The molecule has 0 amide bonds. The van der Waals surface area contributed by atoms with Crippen LogP contribution in [0.2, 0.25) is 0 Å². The van der Waals surface area contributed by atoms with Gasteiger partial charge in [-0.25, -0.2) is 20.2 Å². The molecule has 0 saturated carbocycles. The normalized spacial score (nSPS) is 11.5. The van der Waals surface area contributed by atoms with Gasteiger partial charge < -0.3 is 28.3 Å². The molecule has 4 aromatic heterocycles. The number of H-pyrrole nitrogens is 2. The van der Waals surface area contributed by atoms with Crippen LogP contribution >= 0.6 is 15.2 Å². The Kier molecular flexibility index (Phi) is 16.6. The minimum atomic E-state index is -4.56. The van der Waals surface area contributed by atoms with E-state index in [1.54, 1.807) is 36.7 Å². The van der Waals surface area contributed by atoms with Gasteiger partial charge in [-0.2, -0.15) is 10.2 Å². The molecule has 16 nitrogen and oxygen atoms in total. The van der Waals surface area contributed by atoms with E-state index in [-0.39, 0.29) is 41.4 Å². The Morgan fingerprint density at radius 1 is 0.487 bits per heavy atom. The number of hydrogen-bond donors (Lipinski definition) is 4. The van der Waals surface area contributed by atoms with Crippen molar-refractivity contribution in [2.45, 2.75) is 38.9 Å². The number of methoxy groups -OCH3 is 2. The topological polar surface area (TPSA) is 229 Å². The predicted molar refractivity (Wildman–Crippen MR) is 292 cm³/mol. The first-order chi connectivity index (χ1) is 36.9. The van der Waals surface area contributed by atoms with Crippen LogP contribution in [0.25, 0.3) is 21.5 Å². The molecule has 6 aromatic carbocycles. The highest BCUT2D eigenvalue weighted by atomic mass is 31.2. The summed E-state index contributed by atoms with van der Waals surface area (Å²) in [6.07, 6.45) is 4.80. The van der Waals surface area contributed by atoms with Crippen molar-refractivity contribution in [2.24, 2.45) is 0 Å². The van der Waals surface area contributed by atoms with Crippen molar-refractivity contribution in [1.82, 2.24) is 30.4 Å². The summed E-state index contributed by atoms with van der Waals surface area (Å²) >= 11 is 0. The third kappa shape index (κ3) is 12.8. The number of nitrogens with zero attached hydrogens (tertiary/aromatic N) is 4. The molecule has 0 aliphatic carbocycles. The summed E-state index contributed by atoms with van der Waals surface area (Å²) in [6, 6.07) is 52.7. The molecular formula is C58H52N6O10P2. The van der Waals surface area contributed by atoms with E-state index < -0.39 is 15.2 Å². The minimum absolute atomic E-state index is 0.0239. The van der Waals surface area contributed by atoms with Gasteiger partial charge >= 0.3 is 15.2 Å². The van der Waals surface area contributed by atoms with Crippen molar-refractivity contribution in [3.05, 3.63) is 259 Å². The number of pyridine rings is 2. The van der Waals surface area contributed by atoms with Gasteiger partial charge in [0.1, 0.15) is 10.8 Å². The Morgan fingerprint density at radius 2 is 0.908 bits per heavy atom. The van der Waals surface area contributed by atoms with Gasteiger partial charge in [0, 0.05) is 35.0 Å². The zero-order chi connectivity index (χ0) is 53.1. The van der Waals surface area contributed by atoms with E-state index in [1.807, 2.05) is 140 Å². The van der Waals surface area contributed by atoms with E-state index in [0.29, 0.717) is 69.5 Å². The first-order valence-corrected chi connectivity index (χ1v) is 27.2. The minimum Gasteiger partial charge on any atom is -0.480 e. The largest absolute Gasteiger partial charge is 0.480 e. The van der Waals surface area contributed by atoms with E-state index in [1.165, 1.54) is 20.3 Å². The van der Waals surface area contributed by atoms with Crippen LogP contribution in [-0.4, -0.2) is 54.4 Å². The van der Waals surface area contributed by atoms with Crippen LogP contribution in [0.15, 0.2) is 192 Å². The van der Waals surface area contributed by atoms with Crippen LogP contribution in [0.4, 0.5) is 0 Å². The first kappa shape index (κ1) is 52.7. The third-order valence-electron chi connectivity index (χ3n) is 12.5. The fourth-order valence-corrected chi connectivity index (χ4v) is 11.2. The second-order valence-corrected chi connectivity index (χ2v) is 21.3. The molecule has 4 N–H and O–H groups in total. The van der Waals surface area contributed by atoms with E-state index in [4.69, 9.17) is 18.5 Å². The van der Waals surface area contributed by atoms with Gasteiger partial charge in [0.2, 0.25) is 11.8 Å². The Hall–Kier alpha value is -8.20. The number of nitrogens with one attached hydrogen (secondary N) is 2. The lowest BCUT2D eigenvalue weighted by molar-refractivity contribution is 0.200. The molecule has 0 aliphatic heterocycles. The molecule has 384 valence electrons. The highest BCUT2D eigenvalue weighted by Gasteiger charge is 2.29. The van der Waals surface area contributed by atoms with Gasteiger partial charge in [0.25, 0.3) is 11.1 Å². The van der Waals surface area contributed by atoms with Crippen molar-refractivity contribution in [3.8, 4) is 11.8 Å². The molecule has 0 fully saturated rings. The standard InChI is InChI=1S/2C29H26N3O5P/c1-35-29-27-24(18-30-32-28(27)33)17-25(31-29)16-21-12-14-26(15-13-21)38(34,36-19-22-8-4-2-5-9-22)37-20-23-10-6-3-7-11-23;1-37-29-27-22(18-30-32-28(27)33)17-23(31-29)16-21-12-13-26(38(34,35)36)25(15-20-10-6-3-7-11-20)24(21)14-19-8-4-2-5-9-19/h2-15,17-18H,16,19-20H2,1H3,(H,32,33);2-13,17-18H,14-16H2,1H3,(H,32,33)(H2,34,35,36). The molecule has 0 bridgehead atoms. The molecule has 76 heavy (non-hydrogen) atoms. The number of benzene rings is 6. The van der Waals surface area contributed by atoms with Crippen molar-refractivity contribution >= 4 is 47.3 Å². The molecule has 18 heteroatoms. The quantitative estimate of drug-likeness (QED) is 0.0588. The second-order valence-electron chi connectivity index (χ2n) is 17.7. The van der Waals surface area contributed by atoms with Gasteiger partial charge in [-0.1, -0.05) is 140 Å². The lowest BCUT2D eigenvalue weighted by Crippen LogP contribution is -2.17. The highest BCUT2D eigenvalue weighted by molar-refractivity contribution is 7.62. The van der Waals surface area contributed by atoms with Crippen LogP contribution in [0.1, 0.15) is 55.9 Å². The number of fused-ring (bicyclic) bond motifs is 2. The van der Waals surface area contributed by atoms with Crippen molar-refractivity contribution in [1.29, 1.82) is 0 Å². The molecule has 4 heterocycles. The Balaban J connectivity index is 0.000000186. The fourth-order valence-electron chi connectivity index (χ4n) is 8.80. The molecular weight excluding hydrogens is 1000 g/mol. The van der Waals surface area contributed by atoms with Crippen LogP contribution in [0.3, 0.4) is 0 Å². The summed E-state index contributed by atoms with van der Waals surface area (Å²) in [7, 11) is -5.27. The summed E-state index contributed by atoms with van der Waals surface area (Å²) in [5.41, 5.74) is 7.63. The van der Waals surface area contributed by atoms with Crippen LogP contribution < -0.4 is 31.2 Å². The maximum Gasteiger partial charge on any atom is 0.361 e. The predicted octanol–water partition coefficient (Wildman–Crippen LogP) is 9.07. The Labute approximate surface area is 437 Å². The number of rotatable bonds is 18. The molecule has 10 aromatic rings. The van der Waals surface area contributed by atoms with Crippen molar-refractivity contribution in [2.75, 3.05) is 14.2 Å². The molecule has 0 aliphatic rings. The summed E-state index contributed by atoms with van der Waals surface area (Å²) in [5.74, 6) is 0.438. The third-order valence-corrected chi connectivity index (χ3v) is 15.4. The maximum atomic E-state index is 14.0. The second kappa shape index (κ2) is 24.0. The Bertz CT molecular complexity index is 3780. The monoisotopic (exact) mass is 1050 g/mol. The van der Waals surface area contributed by atoms with Gasteiger partial charge in [0.15, 0.2) is 0 Å². The lowest BCUT2D eigenvalue weighted by Gasteiger charge is -2.20. The van der Waals surface area contributed by atoms with Crippen LogP contribution in [0.5, 0.6) is 11.8 Å². The number of ether oxygens (including phenoxy) is 2. The molecule has 10 rings (SSSR count). The SMILES string of the molecule is COc1nc(Cc2ccc(P(=O)(O)O)c(Cc3ccccc3)c2Cc2ccccc2)cc2cn[nH]c(=O)c12.COc1nc(Cc2ccc(P(=O)(OCc3ccccc3)OCc3ccccc3)cc2)cc2cn[nH]c(=O)c12.